The summed E-state index contributed by atoms with van der Waals surface area (Å²) in [5.41, 5.74) is 1.36. The number of carbonyl (C=O) groups excluding carboxylic acids is 1. The Morgan fingerprint density at radius 3 is 2.45 bits per heavy atom. The molecule has 4 rings (SSSR count). The van der Waals surface area contributed by atoms with Crippen LogP contribution in [0.15, 0.2) is 76.7 Å². The molecule has 2 atom stereocenters. The smallest absolute Gasteiger partial charge is 0.262 e. The molecule has 3 aromatic carbocycles. The number of carbonyl (C=O) groups is 1. The van der Waals surface area contributed by atoms with Gasteiger partial charge in [-0.1, -0.05) is 67.2 Å². The third-order valence-electron chi connectivity index (χ3n) is 5.51. The fourth-order valence-electron chi connectivity index (χ4n) is 3.56. The predicted octanol–water partition coefficient (Wildman–Crippen LogP) is 5.64. The van der Waals surface area contributed by atoms with E-state index in [1.807, 2.05) is 81.4 Å². The highest BCUT2D eigenvalue weighted by molar-refractivity contribution is 8.00. The van der Waals surface area contributed by atoms with Crippen molar-refractivity contribution in [2.45, 2.75) is 43.6 Å². The second-order valence-electron chi connectivity index (χ2n) is 7.62. The molecule has 4 aromatic rings. The molecule has 0 bridgehead atoms. The lowest BCUT2D eigenvalue weighted by atomic mass is 10.1. The van der Waals surface area contributed by atoms with E-state index < -0.39 is 5.25 Å². The molecule has 0 aliphatic rings. The van der Waals surface area contributed by atoms with Gasteiger partial charge in [-0.2, -0.15) is 0 Å². The number of fused-ring (bicyclic) bond motifs is 2. The summed E-state index contributed by atoms with van der Waals surface area (Å²) in [5, 5.41) is 5.85. The average Bonchev–Trinajstić information content (AvgIpc) is 2.79. The van der Waals surface area contributed by atoms with E-state index in [1.165, 1.54) is 11.8 Å². The van der Waals surface area contributed by atoms with Crippen molar-refractivity contribution >= 4 is 45.0 Å². The molecule has 1 heterocycles. The number of nitrogens with zero attached hydrogens (tertiary/aromatic N) is 2. The van der Waals surface area contributed by atoms with E-state index in [9.17, 15) is 9.59 Å². The van der Waals surface area contributed by atoms with Crippen LogP contribution in [0.3, 0.4) is 0 Å². The van der Waals surface area contributed by atoms with Gasteiger partial charge in [-0.25, -0.2) is 4.98 Å². The number of amides is 1. The van der Waals surface area contributed by atoms with Crippen LogP contribution in [-0.2, 0) is 4.79 Å². The number of hydrogen-bond acceptors (Lipinski definition) is 4. The van der Waals surface area contributed by atoms with E-state index in [0.29, 0.717) is 16.1 Å². The topological polar surface area (TPSA) is 64.0 Å². The van der Waals surface area contributed by atoms with Gasteiger partial charge in [0.25, 0.3) is 5.56 Å². The van der Waals surface area contributed by atoms with Gasteiger partial charge in [-0.05, 0) is 43.9 Å². The van der Waals surface area contributed by atoms with Crippen LogP contribution in [0.25, 0.3) is 21.7 Å². The summed E-state index contributed by atoms with van der Waals surface area (Å²) in [7, 11) is 0. The Hall–Kier alpha value is -3.12. The first-order valence-corrected chi connectivity index (χ1v) is 11.3. The van der Waals surface area contributed by atoms with Crippen LogP contribution in [0, 0.1) is 0 Å². The maximum absolute atomic E-state index is 13.1. The third kappa shape index (κ3) is 4.21. The molecule has 1 N–H and O–H groups in total. The number of nitrogens with one attached hydrogen (secondary N) is 1. The van der Waals surface area contributed by atoms with Crippen molar-refractivity contribution in [1.29, 1.82) is 0 Å². The summed E-state index contributed by atoms with van der Waals surface area (Å²) < 4.78 is 1.72. The van der Waals surface area contributed by atoms with Gasteiger partial charge in [-0.3, -0.25) is 14.2 Å². The van der Waals surface area contributed by atoms with Crippen molar-refractivity contribution < 1.29 is 4.79 Å². The summed E-state index contributed by atoms with van der Waals surface area (Å²) in [6.07, 6.45) is 0.796. The molecule has 0 aliphatic heterocycles. The highest BCUT2D eigenvalue weighted by atomic mass is 32.2. The molecule has 5 nitrogen and oxygen atoms in total. The lowest BCUT2D eigenvalue weighted by Crippen LogP contribution is -2.28. The Labute approximate surface area is 185 Å². The van der Waals surface area contributed by atoms with Crippen molar-refractivity contribution in [1.82, 2.24) is 9.55 Å². The number of rotatable bonds is 6. The first-order chi connectivity index (χ1) is 15.0. The van der Waals surface area contributed by atoms with Crippen molar-refractivity contribution in [3.05, 3.63) is 77.1 Å². The van der Waals surface area contributed by atoms with Crippen LogP contribution in [0.5, 0.6) is 0 Å². The fourth-order valence-corrected chi connectivity index (χ4v) is 4.57. The van der Waals surface area contributed by atoms with Crippen LogP contribution >= 0.6 is 11.8 Å². The maximum atomic E-state index is 13.1. The summed E-state index contributed by atoms with van der Waals surface area (Å²) >= 11 is 1.32. The van der Waals surface area contributed by atoms with Crippen LogP contribution in [0.1, 0.15) is 33.2 Å². The number of thioether (sulfide) groups is 1. The zero-order valence-corrected chi connectivity index (χ0v) is 18.6. The fraction of sp³-hybridized carbons (Fsp3) is 0.240. The first kappa shape index (κ1) is 21.1. The molecular weight excluding hydrogens is 406 g/mol. The number of aromatic nitrogens is 2. The van der Waals surface area contributed by atoms with Crippen molar-refractivity contribution in [2.75, 3.05) is 5.32 Å². The normalized spacial score (nSPS) is 13.3. The van der Waals surface area contributed by atoms with Crippen LogP contribution in [0.4, 0.5) is 5.69 Å². The quantitative estimate of drug-likeness (QED) is 0.317. The minimum atomic E-state index is -0.428. The van der Waals surface area contributed by atoms with E-state index >= 15 is 0 Å². The van der Waals surface area contributed by atoms with E-state index in [4.69, 9.17) is 4.98 Å². The van der Waals surface area contributed by atoms with E-state index in [-0.39, 0.29) is 17.5 Å². The van der Waals surface area contributed by atoms with Gasteiger partial charge < -0.3 is 5.32 Å². The van der Waals surface area contributed by atoms with Gasteiger partial charge >= 0.3 is 0 Å². The molecule has 1 aromatic heterocycles. The van der Waals surface area contributed by atoms with E-state index in [0.717, 1.165) is 22.9 Å². The number of para-hydroxylation sites is 1. The lowest BCUT2D eigenvalue weighted by Gasteiger charge is -2.20. The molecule has 6 heteroatoms. The standard InChI is InChI=1S/C25H25N3O2S/c1-4-16(2)28-24(30)20-13-7-8-14-22(20)27-25(28)31-17(3)23(29)26-21-15-9-11-18-10-5-6-12-19(18)21/h5-17H,4H2,1-3H3,(H,26,29). The van der Waals surface area contributed by atoms with Gasteiger partial charge in [0.2, 0.25) is 5.91 Å². The molecule has 0 saturated heterocycles. The molecule has 2 unspecified atom stereocenters. The highest BCUT2D eigenvalue weighted by Crippen LogP contribution is 2.28. The molecule has 1 amide bonds. The zero-order valence-electron chi connectivity index (χ0n) is 17.8. The Bertz CT molecular complexity index is 1310. The summed E-state index contributed by atoms with van der Waals surface area (Å²) in [6, 6.07) is 21.1. The Morgan fingerprint density at radius 2 is 1.68 bits per heavy atom. The molecular formula is C25H25N3O2S. The Kier molecular flexibility index (Phi) is 6.09. The van der Waals surface area contributed by atoms with Gasteiger partial charge in [0.1, 0.15) is 0 Å². The Morgan fingerprint density at radius 1 is 1.00 bits per heavy atom. The Balaban J connectivity index is 1.65. The highest BCUT2D eigenvalue weighted by Gasteiger charge is 2.21. The van der Waals surface area contributed by atoms with Crippen LogP contribution < -0.4 is 10.9 Å². The second kappa shape index (κ2) is 8.94. The SMILES string of the molecule is CCC(C)n1c(SC(C)C(=O)Nc2cccc3ccccc23)nc2ccccc2c1=O. The molecule has 158 valence electrons. The van der Waals surface area contributed by atoms with Crippen LogP contribution in [0.2, 0.25) is 0 Å². The summed E-state index contributed by atoms with van der Waals surface area (Å²) in [4.78, 5) is 30.9. The van der Waals surface area contributed by atoms with E-state index in [1.54, 1.807) is 10.6 Å². The first-order valence-electron chi connectivity index (χ1n) is 10.5. The monoisotopic (exact) mass is 431 g/mol. The van der Waals surface area contributed by atoms with Gasteiger partial charge in [-0.15, -0.1) is 0 Å². The van der Waals surface area contributed by atoms with Crippen molar-refractivity contribution in [3.8, 4) is 0 Å². The number of hydrogen-bond donors (Lipinski definition) is 1. The van der Waals surface area contributed by atoms with Crippen molar-refractivity contribution in [3.63, 3.8) is 0 Å². The van der Waals surface area contributed by atoms with E-state index in [2.05, 4.69) is 5.32 Å². The number of benzene rings is 3. The van der Waals surface area contributed by atoms with Gasteiger partial charge in [0.05, 0.1) is 16.2 Å². The molecule has 0 spiro atoms. The summed E-state index contributed by atoms with van der Waals surface area (Å²) in [5.74, 6) is -0.125. The van der Waals surface area contributed by atoms with Gasteiger partial charge in [0, 0.05) is 17.1 Å². The van der Waals surface area contributed by atoms with Crippen molar-refractivity contribution in [2.24, 2.45) is 0 Å². The maximum Gasteiger partial charge on any atom is 0.262 e. The van der Waals surface area contributed by atoms with Crippen LogP contribution in [-0.4, -0.2) is 20.7 Å². The average molecular weight is 432 g/mol. The van der Waals surface area contributed by atoms with Gasteiger partial charge in [0.15, 0.2) is 5.16 Å². The molecule has 0 fully saturated rings. The minimum Gasteiger partial charge on any atom is -0.325 e. The zero-order chi connectivity index (χ0) is 22.0. The number of anilines is 1. The summed E-state index contributed by atoms with van der Waals surface area (Å²) in [6.45, 7) is 5.88. The molecule has 0 saturated carbocycles. The predicted molar refractivity (Wildman–Crippen MR) is 129 cm³/mol. The largest absolute Gasteiger partial charge is 0.325 e. The molecule has 0 aliphatic carbocycles. The minimum absolute atomic E-state index is 0.0135. The lowest BCUT2D eigenvalue weighted by molar-refractivity contribution is -0.115. The molecule has 31 heavy (non-hydrogen) atoms. The second-order valence-corrected chi connectivity index (χ2v) is 8.93. The molecule has 0 radical (unpaired) electrons. The third-order valence-corrected chi connectivity index (χ3v) is 6.57.